The molecule has 0 unspecified atom stereocenters. The molecule has 2 heterocycles. The Balaban J connectivity index is 1.87. The molecule has 6 nitrogen and oxygen atoms in total. The van der Waals surface area contributed by atoms with Gasteiger partial charge in [-0.05, 0) is 32.3 Å². The monoisotopic (exact) mass is 326 g/mol. The van der Waals surface area contributed by atoms with Crippen molar-refractivity contribution in [2.75, 3.05) is 50.1 Å². The van der Waals surface area contributed by atoms with Crippen LogP contribution in [0, 0.1) is 0 Å². The number of amides is 1. The third-order valence-electron chi connectivity index (χ3n) is 4.20. The molecule has 3 rings (SSSR count). The van der Waals surface area contributed by atoms with Crippen LogP contribution in [0.3, 0.4) is 0 Å². The summed E-state index contributed by atoms with van der Waals surface area (Å²) in [7, 11) is 4.11. The molecule has 0 saturated heterocycles. The predicted octanol–water partition coefficient (Wildman–Crippen LogP) is 1.40. The summed E-state index contributed by atoms with van der Waals surface area (Å²) in [6, 6.07) is 10.9. The Morgan fingerprint density at radius 3 is 2.54 bits per heavy atom. The van der Waals surface area contributed by atoms with Crippen LogP contribution in [0.25, 0.3) is 0 Å². The first-order valence-corrected chi connectivity index (χ1v) is 8.05. The zero-order chi connectivity index (χ0) is 17.1. The number of fused-ring (bicyclic) bond motifs is 1. The number of hydrogen-bond acceptors (Lipinski definition) is 4. The highest BCUT2D eigenvalue weighted by atomic mass is 16.2. The molecule has 1 aromatic heterocycles. The van der Waals surface area contributed by atoms with Crippen LogP contribution < -0.4 is 15.4 Å². The fraction of sp³-hybridized carbons (Fsp3) is 0.333. The van der Waals surface area contributed by atoms with E-state index in [1.54, 1.807) is 11.0 Å². The second-order valence-corrected chi connectivity index (χ2v) is 6.18. The number of hydrogen-bond donors (Lipinski definition) is 1. The van der Waals surface area contributed by atoms with Crippen molar-refractivity contribution in [1.82, 2.24) is 9.88 Å². The highest BCUT2D eigenvalue weighted by Crippen LogP contribution is 2.33. The number of aromatic nitrogens is 1. The molecular formula is C18H22N4O2. The molecule has 0 spiro atoms. The quantitative estimate of drug-likeness (QED) is 0.923. The minimum absolute atomic E-state index is 0.0917. The fourth-order valence-corrected chi connectivity index (χ4v) is 2.88. The largest absolute Gasteiger partial charge is 0.367 e. The number of pyridine rings is 1. The van der Waals surface area contributed by atoms with Crippen LogP contribution in [0.4, 0.5) is 11.4 Å². The van der Waals surface area contributed by atoms with Gasteiger partial charge in [-0.2, -0.15) is 0 Å². The van der Waals surface area contributed by atoms with E-state index in [0.29, 0.717) is 12.1 Å². The van der Waals surface area contributed by atoms with E-state index in [1.807, 2.05) is 18.2 Å². The van der Waals surface area contributed by atoms with Gasteiger partial charge >= 0.3 is 0 Å². The standard InChI is InChI=1S/C18H22N4O2/c1-20(2)9-10-21-11-12-22(16-6-4-3-5-15(16)21)18(24)14-7-8-17(23)19-13-14/h3-8,13H,9-12H2,1-2H3,(H,19,23). The lowest BCUT2D eigenvalue weighted by molar-refractivity contribution is 0.0986. The van der Waals surface area contributed by atoms with E-state index < -0.39 is 0 Å². The number of aromatic amines is 1. The molecule has 24 heavy (non-hydrogen) atoms. The summed E-state index contributed by atoms with van der Waals surface area (Å²) in [6.45, 7) is 3.30. The van der Waals surface area contributed by atoms with Crippen molar-refractivity contribution in [2.45, 2.75) is 0 Å². The highest BCUT2D eigenvalue weighted by Gasteiger charge is 2.27. The maximum Gasteiger partial charge on any atom is 0.259 e. The number of nitrogens with zero attached hydrogens (tertiary/aromatic N) is 3. The first-order chi connectivity index (χ1) is 11.6. The van der Waals surface area contributed by atoms with E-state index >= 15 is 0 Å². The number of carbonyl (C=O) groups excluding carboxylic acids is 1. The minimum Gasteiger partial charge on any atom is -0.367 e. The number of H-pyrrole nitrogens is 1. The number of nitrogens with one attached hydrogen (secondary N) is 1. The van der Waals surface area contributed by atoms with Gasteiger partial charge < -0.3 is 19.7 Å². The first kappa shape index (κ1) is 16.3. The van der Waals surface area contributed by atoms with Crippen molar-refractivity contribution in [3.05, 3.63) is 58.5 Å². The van der Waals surface area contributed by atoms with Gasteiger partial charge in [0, 0.05) is 38.4 Å². The summed E-state index contributed by atoms with van der Waals surface area (Å²) in [4.78, 5) is 32.8. The minimum atomic E-state index is -0.208. The maximum absolute atomic E-state index is 12.8. The van der Waals surface area contributed by atoms with Crippen molar-refractivity contribution >= 4 is 17.3 Å². The zero-order valence-electron chi connectivity index (χ0n) is 14.0. The summed E-state index contributed by atoms with van der Waals surface area (Å²) in [5.41, 5.74) is 2.27. The Labute approximate surface area is 141 Å². The number of benzene rings is 1. The molecule has 6 heteroatoms. The third-order valence-corrected chi connectivity index (χ3v) is 4.20. The van der Waals surface area contributed by atoms with Gasteiger partial charge in [-0.3, -0.25) is 9.59 Å². The molecule has 0 aliphatic carbocycles. The fourth-order valence-electron chi connectivity index (χ4n) is 2.88. The van der Waals surface area contributed by atoms with Crippen LogP contribution in [-0.2, 0) is 0 Å². The number of likely N-dealkylation sites (N-methyl/N-ethyl adjacent to an activating group) is 1. The van der Waals surface area contributed by atoms with E-state index in [9.17, 15) is 9.59 Å². The summed E-state index contributed by atoms with van der Waals surface area (Å²) in [5.74, 6) is -0.0917. The van der Waals surface area contributed by atoms with Gasteiger partial charge in [0.1, 0.15) is 0 Å². The lowest BCUT2D eigenvalue weighted by Gasteiger charge is -2.38. The van der Waals surface area contributed by atoms with Crippen molar-refractivity contribution in [2.24, 2.45) is 0 Å². The number of para-hydroxylation sites is 2. The van der Waals surface area contributed by atoms with Crippen molar-refractivity contribution in [3.8, 4) is 0 Å². The molecule has 0 fully saturated rings. The van der Waals surface area contributed by atoms with E-state index in [0.717, 1.165) is 31.0 Å². The maximum atomic E-state index is 12.8. The summed E-state index contributed by atoms with van der Waals surface area (Å²) < 4.78 is 0. The van der Waals surface area contributed by atoms with Crippen LogP contribution in [0.1, 0.15) is 10.4 Å². The molecule has 0 atom stereocenters. The average Bonchev–Trinajstić information content (AvgIpc) is 2.59. The van der Waals surface area contributed by atoms with Gasteiger partial charge in [0.15, 0.2) is 0 Å². The van der Waals surface area contributed by atoms with E-state index in [-0.39, 0.29) is 11.5 Å². The number of carbonyl (C=O) groups is 1. The Hall–Kier alpha value is -2.60. The number of anilines is 2. The van der Waals surface area contributed by atoms with E-state index in [1.165, 1.54) is 12.3 Å². The van der Waals surface area contributed by atoms with E-state index in [2.05, 4.69) is 34.9 Å². The third kappa shape index (κ3) is 3.33. The average molecular weight is 326 g/mol. The predicted molar refractivity (Wildman–Crippen MR) is 95.9 cm³/mol. The molecule has 1 aromatic carbocycles. The molecule has 0 radical (unpaired) electrons. The topological polar surface area (TPSA) is 59.6 Å². The number of rotatable bonds is 4. The molecule has 2 aromatic rings. The van der Waals surface area contributed by atoms with Crippen molar-refractivity contribution in [3.63, 3.8) is 0 Å². The molecular weight excluding hydrogens is 304 g/mol. The Morgan fingerprint density at radius 1 is 1.12 bits per heavy atom. The van der Waals surface area contributed by atoms with Crippen LogP contribution in [0.15, 0.2) is 47.4 Å². The van der Waals surface area contributed by atoms with Gasteiger partial charge in [0.2, 0.25) is 5.56 Å². The Bertz CT molecular complexity index is 764. The Morgan fingerprint density at radius 2 is 1.88 bits per heavy atom. The van der Waals surface area contributed by atoms with Crippen LogP contribution >= 0.6 is 0 Å². The van der Waals surface area contributed by atoms with Crippen molar-refractivity contribution in [1.29, 1.82) is 0 Å². The lowest BCUT2D eigenvalue weighted by Crippen LogP contribution is -2.46. The van der Waals surface area contributed by atoms with Gasteiger partial charge in [-0.15, -0.1) is 0 Å². The SMILES string of the molecule is CN(C)CCN1CCN(C(=O)c2ccc(=O)[nH]c2)c2ccccc21. The normalized spacial score (nSPS) is 14.0. The summed E-state index contributed by atoms with van der Waals surface area (Å²) in [6.07, 6.45) is 1.48. The van der Waals surface area contributed by atoms with Crippen LogP contribution in [0.5, 0.6) is 0 Å². The summed E-state index contributed by atoms with van der Waals surface area (Å²) in [5, 5.41) is 0. The van der Waals surface area contributed by atoms with Gasteiger partial charge in [0.05, 0.1) is 16.9 Å². The Kier molecular flexibility index (Phi) is 4.66. The van der Waals surface area contributed by atoms with E-state index in [4.69, 9.17) is 0 Å². The molecule has 1 amide bonds. The van der Waals surface area contributed by atoms with Crippen LogP contribution in [0.2, 0.25) is 0 Å². The van der Waals surface area contributed by atoms with Gasteiger partial charge in [0.25, 0.3) is 5.91 Å². The molecule has 1 aliphatic rings. The lowest BCUT2D eigenvalue weighted by atomic mass is 10.1. The van der Waals surface area contributed by atoms with Crippen LogP contribution in [-0.4, -0.2) is 56.1 Å². The van der Waals surface area contributed by atoms with Gasteiger partial charge in [-0.25, -0.2) is 0 Å². The second kappa shape index (κ2) is 6.88. The smallest absolute Gasteiger partial charge is 0.259 e. The zero-order valence-corrected chi connectivity index (χ0v) is 14.0. The summed E-state index contributed by atoms with van der Waals surface area (Å²) >= 11 is 0. The molecule has 126 valence electrons. The highest BCUT2D eigenvalue weighted by molar-refractivity contribution is 6.08. The van der Waals surface area contributed by atoms with Crippen molar-refractivity contribution < 1.29 is 4.79 Å². The second-order valence-electron chi connectivity index (χ2n) is 6.18. The van der Waals surface area contributed by atoms with Gasteiger partial charge in [-0.1, -0.05) is 12.1 Å². The first-order valence-electron chi connectivity index (χ1n) is 8.05. The molecule has 0 saturated carbocycles. The molecule has 1 aliphatic heterocycles. The molecule has 1 N–H and O–H groups in total. The molecule has 0 bridgehead atoms.